The van der Waals surface area contributed by atoms with Gasteiger partial charge in [0.05, 0.1) is 17.8 Å². The van der Waals surface area contributed by atoms with Gasteiger partial charge in [0.15, 0.2) is 17.2 Å². The summed E-state index contributed by atoms with van der Waals surface area (Å²) in [7, 11) is 3.14. The van der Waals surface area contributed by atoms with Gasteiger partial charge in [-0.25, -0.2) is 0 Å². The number of thioether (sulfide) groups is 1. The standard InChI is InChI=1S/C19H20N2O6S/c1-20(9-13-3-6-17-18(8-13)27-12-26-17)19(22)11-28-10-14-4-5-16(25-2)15(7-14)21(23)24/h3-8H,9-12H2,1-2H3. The number of carbonyl (C=O) groups excluding carboxylic acids is 1. The van der Waals surface area contributed by atoms with Gasteiger partial charge in [-0.2, -0.15) is 0 Å². The fraction of sp³-hybridized carbons (Fsp3) is 0.316. The van der Waals surface area contributed by atoms with E-state index in [2.05, 4.69) is 0 Å². The number of fused-ring (bicyclic) bond motifs is 1. The average Bonchev–Trinajstić information content (AvgIpc) is 3.15. The number of hydrogen-bond donors (Lipinski definition) is 0. The van der Waals surface area contributed by atoms with E-state index in [-0.39, 0.29) is 29.9 Å². The first kappa shape index (κ1) is 19.8. The maximum Gasteiger partial charge on any atom is 0.311 e. The van der Waals surface area contributed by atoms with Crippen LogP contribution in [0, 0.1) is 10.1 Å². The number of methoxy groups -OCH3 is 1. The van der Waals surface area contributed by atoms with Crippen LogP contribution >= 0.6 is 11.8 Å². The molecule has 0 saturated carbocycles. The third-order valence-corrected chi connectivity index (χ3v) is 5.21. The topological polar surface area (TPSA) is 91.1 Å². The Bertz CT molecular complexity index is 889. The molecule has 0 aliphatic carbocycles. The summed E-state index contributed by atoms with van der Waals surface area (Å²) < 4.78 is 15.6. The van der Waals surface area contributed by atoms with Gasteiger partial charge in [0.1, 0.15) is 0 Å². The first-order chi connectivity index (χ1) is 13.5. The summed E-state index contributed by atoms with van der Waals surface area (Å²) in [4.78, 5) is 24.6. The molecule has 8 nitrogen and oxygen atoms in total. The van der Waals surface area contributed by atoms with E-state index in [0.29, 0.717) is 23.8 Å². The zero-order chi connectivity index (χ0) is 20.1. The minimum absolute atomic E-state index is 0.0225. The first-order valence-electron chi connectivity index (χ1n) is 8.49. The van der Waals surface area contributed by atoms with Crippen molar-refractivity contribution in [3.63, 3.8) is 0 Å². The van der Waals surface area contributed by atoms with Gasteiger partial charge in [-0.1, -0.05) is 12.1 Å². The number of ether oxygens (including phenoxy) is 3. The van der Waals surface area contributed by atoms with Crippen LogP contribution in [0.2, 0.25) is 0 Å². The second-order valence-corrected chi connectivity index (χ2v) is 7.18. The summed E-state index contributed by atoms with van der Waals surface area (Å²) in [6, 6.07) is 10.4. The summed E-state index contributed by atoms with van der Waals surface area (Å²) in [6.45, 7) is 0.678. The molecule has 9 heteroatoms. The summed E-state index contributed by atoms with van der Waals surface area (Å²) in [5.74, 6) is 2.37. The van der Waals surface area contributed by atoms with Crippen molar-refractivity contribution in [2.24, 2.45) is 0 Å². The van der Waals surface area contributed by atoms with E-state index in [9.17, 15) is 14.9 Å². The Morgan fingerprint density at radius 2 is 1.96 bits per heavy atom. The van der Waals surface area contributed by atoms with E-state index in [1.807, 2.05) is 18.2 Å². The Hall–Kier alpha value is -2.94. The number of rotatable bonds is 8. The average molecular weight is 404 g/mol. The summed E-state index contributed by atoms with van der Waals surface area (Å²) >= 11 is 1.41. The van der Waals surface area contributed by atoms with Crippen molar-refractivity contribution in [1.82, 2.24) is 4.90 Å². The van der Waals surface area contributed by atoms with Gasteiger partial charge in [-0.05, 0) is 29.3 Å². The highest BCUT2D eigenvalue weighted by Crippen LogP contribution is 2.33. The van der Waals surface area contributed by atoms with Crippen LogP contribution in [0.5, 0.6) is 17.2 Å². The van der Waals surface area contributed by atoms with E-state index >= 15 is 0 Å². The van der Waals surface area contributed by atoms with Gasteiger partial charge in [-0.3, -0.25) is 14.9 Å². The van der Waals surface area contributed by atoms with E-state index < -0.39 is 4.92 Å². The Morgan fingerprint density at radius 1 is 1.21 bits per heavy atom. The van der Waals surface area contributed by atoms with Crippen molar-refractivity contribution in [2.75, 3.05) is 26.7 Å². The number of carbonyl (C=O) groups is 1. The highest BCUT2D eigenvalue weighted by atomic mass is 32.2. The molecular weight excluding hydrogens is 384 g/mol. The summed E-state index contributed by atoms with van der Waals surface area (Å²) in [5, 5.41) is 11.1. The molecule has 148 valence electrons. The molecule has 0 radical (unpaired) electrons. The molecule has 0 spiro atoms. The molecule has 2 aromatic rings. The number of nitrogens with zero attached hydrogens (tertiary/aromatic N) is 2. The molecule has 0 saturated heterocycles. The minimum atomic E-state index is -0.475. The minimum Gasteiger partial charge on any atom is -0.490 e. The number of benzene rings is 2. The molecular formula is C19H20N2O6S. The second kappa shape index (κ2) is 8.83. The Kier molecular flexibility index (Phi) is 6.25. The lowest BCUT2D eigenvalue weighted by Gasteiger charge is -2.17. The van der Waals surface area contributed by atoms with Gasteiger partial charge >= 0.3 is 5.69 Å². The smallest absolute Gasteiger partial charge is 0.311 e. The van der Waals surface area contributed by atoms with Crippen LogP contribution in [0.25, 0.3) is 0 Å². The van der Waals surface area contributed by atoms with E-state index in [1.54, 1.807) is 24.1 Å². The molecule has 0 aromatic heterocycles. The van der Waals surface area contributed by atoms with Crippen molar-refractivity contribution < 1.29 is 23.9 Å². The van der Waals surface area contributed by atoms with Crippen LogP contribution in [-0.4, -0.2) is 42.4 Å². The van der Waals surface area contributed by atoms with Gasteiger partial charge in [0.2, 0.25) is 12.7 Å². The van der Waals surface area contributed by atoms with Crippen LogP contribution in [0.4, 0.5) is 5.69 Å². The molecule has 2 aromatic carbocycles. The maximum atomic E-state index is 12.4. The Labute approximate surface area is 166 Å². The van der Waals surface area contributed by atoms with Gasteiger partial charge in [0.25, 0.3) is 0 Å². The zero-order valence-corrected chi connectivity index (χ0v) is 16.4. The van der Waals surface area contributed by atoms with Crippen LogP contribution in [-0.2, 0) is 17.1 Å². The summed E-state index contributed by atoms with van der Waals surface area (Å²) in [5.41, 5.74) is 1.64. The molecule has 3 rings (SSSR count). The number of nitro groups is 1. The van der Waals surface area contributed by atoms with Crippen LogP contribution < -0.4 is 14.2 Å². The van der Waals surface area contributed by atoms with E-state index in [1.165, 1.54) is 24.9 Å². The third-order valence-electron chi connectivity index (χ3n) is 4.22. The number of amides is 1. The van der Waals surface area contributed by atoms with Crippen molar-refractivity contribution in [3.05, 3.63) is 57.6 Å². The fourth-order valence-electron chi connectivity index (χ4n) is 2.74. The highest BCUT2D eigenvalue weighted by molar-refractivity contribution is 7.99. The molecule has 0 atom stereocenters. The van der Waals surface area contributed by atoms with Crippen LogP contribution in [0.3, 0.4) is 0 Å². The lowest BCUT2D eigenvalue weighted by Crippen LogP contribution is -2.27. The molecule has 1 heterocycles. The third kappa shape index (κ3) is 4.66. The first-order valence-corrected chi connectivity index (χ1v) is 9.65. The molecule has 0 fully saturated rings. The SMILES string of the molecule is COc1ccc(CSCC(=O)N(C)Cc2ccc3c(c2)OCO3)cc1[N+](=O)[O-]. The zero-order valence-electron chi connectivity index (χ0n) is 15.5. The monoisotopic (exact) mass is 404 g/mol. The normalized spacial score (nSPS) is 11.9. The highest BCUT2D eigenvalue weighted by Gasteiger charge is 2.17. The van der Waals surface area contributed by atoms with Crippen molar-refractivity contribution >= 4 is 23.4 Å². The Morgan fingerprint density at radius 3 is 2.71 bits per heavy atom. The van der Waals surface area contributed by atoms with Gasteiger partial charge < -0.3 is 19.1 Å². The quantitative estimate of drug-likeness (QED) is 0.493. The van der Waals surface area contributed by atoms with Crippen molar-refractivity contribution in [3.8, 4) is 17.2 Å². The Balaban J connectivity index is 1.51. The molecule has 1 amide bonds. The van der Waals surface area contributed by atoms with Crippen molar-refractivity contribution in [2.45, 2.75) is 12.3 Å². The largest absolute Gasteiger partial charge is 0.490 e. The molecule has 1 aliphatic heterocycles. The lowest BCUT2D eigenvalue weighted by atomic mass is 10.2. The molecule has 28 heavy (non-hydrogen) atoms. The predicted octanol–water partition coefficient (Wildman–Crippen LogP) is 3.22. The maximum absolute atomic E-state index is 12.4. The molecule has 0 bridgehead atoms. The lowest BCUT2D eigenvalue weighted by molar-refractivity contribution is -0.385. The van der Waals surface area contributed by atoms with Gasteiger partial charge in [-0.15, -0.1) is 11.8 Å². The van der Waals surface area contributed by atoms with Crippen LogP contribution in [0.1, 0.15) is 11.1 Å². The van der Waals surface area contributed by atoms with Crippen molar-refractivity contribution in [1.29, 1.82) is 0 Å². The predicted molar refractivity (Wildman–Crippen MR) is 105 cm³/mol. The fourth-order valence-corrected chi connectivity index (χ4v) is 3.65. The van der Waals surface area contributed by atoms with E-state index in [0.717, 1.165) is 11.1 Å². The second-order valence-electron chi connectivity index (χ2n) is 6.19. The molecule has 0 unspecified atom stereocenters. The number of nitro benzene ring substituents is 1. The molecule has 0 N–H and O–H groups in total. The van der Waals surface area contributed by atoms with E-state index in [4.69, 9.17) is 14.2 Å². The summed E-state index contributed by atoms with van der Waals surface area (Å²) in [6.07, 6.45) is 0. The number of hydrogen-bond acceptors (Lipinski definition) is 7. The molecule has 1 aliphatic rings. The van der Waals surface area contributed by atoms with Crippen LogP contribution in [0.15, 0.2) is 36.4 Å². The van der Waals surface area contributed by atoms with Gasteiger partial charge in [0, 0.05) is 25.4 Å².